The van der Waals surface area contributed by atoms with Crippen molar-refractivity contribution in [3.63, 3.8) is 0 Å². The summed E-state index contributed by atoms with van der Waals surface area (Å²) in [6.45, 7) is 0. The van der Waals surface area contributed by atoms with Crippen molar-refractivity contribution < 1.29 is 43.7 Å². The summed E-state index contributed by atoms with van der Waals surface area (Å²) in [4.78, 5) is 32.0. The predicted octanol–water partition coefficient (Wildman–Crippen LogP) is 12.3. The number of amides is 2. The molecule has 4 nitrogen and oxygen atoms in total. The second kappa shape index (κ2) is 17.8. The Morgan fingerprint density at radius 1 is 0.542 bits per heavy atom. The van der Waals surface area contributed by atoms with Gasteiger partial charge in [-0.1, -0.05) is 0 Å². The summed E-state index contributed by atoms with van der Waals surface area (Å²) in [5.74, 6) is -5.06. The standard InChI is InChI=1S/2C19H17ClF2NO.2C5H5.Ti/c2*20-16-9-5-4-8-15(16)19(24)23(14-6-2-1-3-7-14)18-11-10-13(21)12-17(18)22;2*1-2-4-5-3-1;/h2*4-5,8-11,14H,1-3,6-7H2;2*1-3H,4H2;. The Labute approximate surface area is 356 Å². The van der Waals surface area contributed by atoms with Gasteiger partial charge >= 0.3 is 358 Å². The van der Waals surface area contributed by atoms with Gasteiger partial charge in [-0.3, -0.25) is 0 Å². The van der Waals surface area contributed by atoms with Gasteiger partial charge in [-0.05, 0) is 0 Å². The second-order valence-corrected chi connectivity index (χ2v) is 22.5. The molecule has 4 aromatic rings. The number of hydrogen-bond donors (Lipinski definition) is 0. The third-order valence-corrected chi connectivity index (χ3v) is 21.0. The molecule has 0 aromatic heterocycles. The van der Waals surface area contributed by atoms with Crippen molar-refractivity contribution >= 4 is 54.1 Å². The number of anilines is 2. The molecule has 0 spiro atoms. The molecule has 2 saturated carbocycles. The van der Waals surface area contributed by atoms with E-state index in [9.17, 15) is 9.59 Å². The number of allylic oxidation sites excluding steroid dienone is 8. The molecule has 8 rings (SSSR count). The van der Waals surface area contributed by atoms with Crippen LogP contribution in [-0.2, 0) is 16.6 Å². The summed E-state index contributed by atoms with van der Waals surface area (Å²) >= 11 is 7.71. The van der Waals surface area contributed by atoms with Crippen LogP contribution in [-0.4, -0.2) is 23.9 Å². The van der Waals surface area contributed by atoms with Crippen molar-refractivity contribution in [3.8, 4) is 0 Å². The topological polar surface area (TPSA) is 40.6 Å². The van der Waals surface area contributed by atoms with E-state index >= 15 is 17.6 Å². The van der Waals surface area contributed by atoms with Gasteiger partial charge in [-0.25, -0.2) is 0 Å². The van der Waals surface area contributed by atoms with E-state index in [-0.39, 0.29) is 45.4 Å². The molecule has 4 aliphatic rings. The molecule has 0 N–H and O–H groups in total. The molecule has 4 aromatic carbocycles. The molecule has 0 aliphatic heterocycles. The number of carbonyl (C=O) groups excluding carboxylic acids is 2. The van der Waals surface area contributed by atoms with Crippen molar-refractivity contribution in [1.29, 1.82) is 0 Å². The van der Waals surface area contributed by atoms with Crippen molar-refractivity contribution in [2.45, 2.75) is 89.1 Å². The monoisotopic (exact) mass is 874 g/mol. The quantitative estimate of drug-likeness (QED) is 0.118. The predicted molar refractivity (Wildman–Crippen MR) is 226 cm³/mol. The zero-order valence-electron chi connectivity index (χ0n) is 32.5. The van der Waals surface area contributed by atoms with Crippen LogP contribution in [0.25, 0.3) is 0 Å². The first-order valence-corrected chi connectivity index (χ1v) is 24.4. The number of halogens is 6. The molecular weight excluding hydrogens is 831 g/mol. The summed E-state index contributed by atoms with van der Waals surface area (Å²) in [5, 5.41) is 0.375. The van der Waals surface area contributed by atoms with Crippen LogP contribution in [0.2, 0.25) is 10.0 Å². The molecule has 2 fully saturated rings. The fourth-order valence-electron chi connectivity index (χ4n) is 9.72. The average molecular weight is 876 g/mol. The molecule has 304 valence electrons. The van der Waals surface area contributed by atoms with E-state index in [4.69, 9.17) is 23.2 Å². The van der Waals surface area contributed by atoms with E-state index in [1.807, 2.05) is 12.2 Å². The van der Waals surface area contributed by atoms with Crippen LogP contribution in [0.4, 0.5) is 28.9 Å². The van der Waals surface area contributed by atoms with E-state index in [1.165, 1.54) is 21.9 Å². The first-order chi connectivity index (χ1) is 28.6. The third kappa shape index (κ3) is 7.60. The Hall–Kier alpha value is -4.21. The van der Waals surface area contributed by atoms with E-state index in [2.05, 4.69) is 0 Å². The van der Waals surface area contributed by atoms with Crippen molar-refractivity contribution in [1.82, 2.24) is 0 Å². The third-order valence-electron chi connectivity index (χ3n) is 12.4. The number of nitrogens with zero attached hydrogens (tertiary/aromatic N) is 2. The number of hydrogen-bond acceptors (Lipinski definition) is 2. The first kappa shape index (κ1) is 41.5. The summed E-state index contributed by atoms with van der Waals surface area (Å²) in [7, 11) is 0. The Morgan fingerprint density at radius 2 is 0.932 bits per heavy atom. The maximum atomic E-state index is 18.4. The zero-order chi connectivity index (χ0) is 41.3. The van der Waals surface area contributed by atoms with Crippen molar-refractivity contribution in [2.75, 3.05) is 9.80 Å². The fraction of sp³-hybridized carbons (Fsp3) is 0.292. The fourth-order valence-corrected chi connectivity index (χ4v) is 18.4. The van der Waals surface area contributed by atoms with Crippen LogP contribution in [0, 0.1) is 23.3 Å². The summed E-state index contributed by atoms with van der Waals surface area (Å²) < 4.78 is 71.5. The van der Waals surface area contributed by atoms with Gasteiger partial charge in [0.25, 0.3) is 0 Å². The zero-order valence-corrected chi connectivity index (χ0v) is 35.6. The Balaban J connectivity index is 1.40. The number of benzene rings is 4. The number of carbonyl (C=O) groups is 2. The molecular formula is C48H44Cl2F4N2O2Ti. The molecule has 0 bridgehead atoms. The SMILES string of the molecule is O=C(c1ccccc1Cl)N(c1ccc(F)[c]([Ti]([C]2=CC=CC2)([C]2=CC=CC2)[c]2c(F)ccc(N(C(=O)c3ccccc3Cl)C3CCCCC3)c2F)c1F)C1CCCCC1. The van der Waals surface area contributed by atoms with Crippen molar-refractivity contribution in [3.05, 3.63) is 161 Å². The van der Waals surface area contributed by atoms with E-state index in [0.717, 1.165) is 50.7 Å². The molecule has 0 radical (unpaired) electrons. The number of rotatable bonds is 10. The van der Waals surface area contributed by atoms with Crippen LogP contribution in [0.5, 0.6) is 0 Å². The summed E-state index contributed by atoms with van der Waals surface area (Å²) in [5.41, 5.74) is 0.0000456. The molecule has 0 unspecified atom stereocenters. The summed E-state index contributed by atoms with van der Waals surface area (Å²) in [6, 6.07) is 17.0. The normalized spacial score (nSPS) is 17.3. The van der Waals surface area contributed by atoms with Crippen LogP contribution in [0.15, 0.2) is 117 Å². The Kier molecular flexibility index (Phi) is 12.5. The van der Waals surface area contributed by atoms with Gasteiger partial charge in [0.05, 0.1) is 0 Å². The molecule has 4 aliphatic carbocycles. The molecule has 0 heterocycles. The average Bonchev–Trinajstić information content (AvgIpc) is 4.00. The van der Waals surface area contributed by atoms with Crippen LogP contribution >= 0.6 is 23.2 Å². The minimum absolute atomic E-state index is 0.166. The van der Waals surface area contributed by atoms with Gasteiger partial charge < -0.3 is 0 Å². The van der Waals surface area contributed by atoms with Gasteiger partial charge in [0, 0.05) is 0 Å². The van der Waals surface area contributed by atoms with E-state index in [0.29, 0.717) is 33.4 Å². The van der Waals surface area contributed by atoms with E-state index < -0.39 is 71.5 Å². The van der Waals surface area contributed by atoms with Crippen LogP contribution < -0.4 is 17.5 Å². The van der Waals surface area contributed by atoms with Crippen molar-refractivity contribution in [2.24, 2.45) is 0 Å². The molecule has 59 heavy (non-hydrogen) atoms. The molecule has 11 heteroatoms. The second-order valence-electron chi connectivity index (χ2n) is 15.8. The van der Waals surface area contributed by atoms with Gasteiger partial charge in [-0.15, -0.1) is 0 Å². The Morgan fingerprint density at radius 3 is 1.29 bits per heavy atom. The van der Waals surface area contributed by atoms with E-state index in [1.54, 1.807) is 72.8 Å². The molecule has 0 atom stereocenters. The summed E-state index contributed by atoms with van der Waals surface area (Å²) in [6.07, 6.45) is 18.5. The van der Waals surface area contributed by atoms with Crippen LogP contribution in [0.3, 0.4) is 0 Å². The van der Waals surface area contributed by atoms with Gasteiger partial charge in [0.1, 0.15) is 0 Å². The Bertz CT molecular complexity index is 2250. The van der Waals surface area contributed by atoms with Gasteiger partial charge in [-0.2, -0.15) is 0 Å². The maximum absolute atomic E-state index is 18.4. The molecule has 2 amide bonds. The van der Waals surface area contributed by atoms with Crippen LogP contribution in [0.1, 0.15) is 97.8 Å². The minimum atomic E-state index is -5.43. The van der Waals surface area contributed by atoms with Gasteiger partial charge in [0.2, 0.25) is 0 Å². The van der Waals surface area contributed by atoms with Gasteiger partial charge in [0.15, 0.2) is 0 Å². The first-order valence-electron chi connectivity index (χ1n) is 20.5. The molecule has 0 saturated heterocycles.